The van der Waals surface area contributed by atoms with Crippen LogP contribution >= 0.6 is 0 Å². The highest BCUT2D eigenvalue weighted by atomic mass is 16.5. The van der Waals surface area contributed by atoms with Gasteiger partial charge in [-0.05, 0) is 65.7 Å². The number of para-hydroxylation sites is 3. The van der Waals surface area contributed by atoms with Gasteiger partial charge in [0.1, 0.15) is 17.1 Å². The molecule has 0 bridgehead atoms. The Morgan fingerprint density at radius 2 is 0.868 bits per heavy atom. The standard InChI is InChI=1S/C46H26N4O3/c1-3-11-27(12-4-1)33-26-34(28-13-5-2-6-14-28)48-46(47-33)49-35-16-8-7-15-31(35)32-22-21-29(23-36(32)49)30-24-41-45-42(25-30)53-40-20-10-18-38-44(40)50(45)43-37(51-38)17-9-19-39(43)52-41/h1-26H. The molecule has 9 aromatic rings. The summed E-state index contributed by atoms with van der Waals surface area (Å²) in [4.78, 5) is 12.7. The third kappa shape index (κ3) is 4.10. The zero-order chi connectivity index (χ0) is 34.6. The summed E-state index contributed by atoms with van der Waals surface area (Å²) in [7, 11) is 0. The molecule has 5 heterocycles. The molecule has 0 amide bonds. The molecular formula is C46H26N4O3. The zero-order valence-corrected chi connectivity index (χ0v) is 28.0. The van der Waals surface area contributed by atoms with Crippen LogP contribution in [0.5, 0.6) is 34.5 Å². The number of anilines is 3. The molecule has 0 radical (unpaired) electrons. The fourth-order valence-electron chi connectivity index (χ4n) is 8.00. The molecule has 0 fully saturated rings. The molecule has 0 saturated heterocycles. The van der Waals surface area contributed by atoms with E-state index in [-0.39, 0.29) is 0 Å². The largest absolute Gasteiger partial charge is 0.453 e. The molecular weight excluding hydrogens is 657 g/mol. The number of hydrogen-bond donors (Lipinski definition) is 0. The van der Waals surface area contributed by atoms with Gasteiger partial charge in [0.2, 0.25) is 5.95 Å². The van der Waals surface area contributed by atoms with Crippen molar-refractivity contribution >= 4 is 38.9 Å². The zero-order valence-electron chi connectivity index (χ0n) is 28.0. The molecule has 7 aromatic carbocycles. The van der Waals surface area contributed by atoms with E-state index in [0.29, 0.717) is 5.95 Å². The van der Waals surface area contributed by atoms with Crippen molar-refractivity contribution in [1.29, 1.82) is 0 Å². The summed E-state index contributed by atoms with van der Waals surface area (Å²) >= 11 is 0. The molecule has 0 N–H and O–H groups in total. The molecule has 53 heavy (non-hydrogen) atoms. The minimum atomic E-state index is 0.605. The van der Waals surface area contributed by atoms with E-state index < -0.39 is 0 Å². The smallest absolute Gasteiger partial charge is 0.235 e. The van der Waals surface area contributed by atoms with Crippen molar-refractivity contribution in [1.82, 2.24) is 14.5 Å². The molecule has 7 nitrogen and oxygen atoms in total. The number of rotatable bonds is 4. The number of hydrogen-bond acceptors (Lipinski definition) is 6. The van der Waals surface area contributed by atoms with Crippen LogP contribution in [0.3, 0.4) is 0 Å². The highest BCUT2D eigenvalue weighted by Gasteiger charge is 2.41. The van der Waals surface area contributed by atoms with Crippen molar-refractivity contribution < 1.29 is 14.2 Å². The first-order chi connectivity index (χ1) is 26.2. The summed E-state index contributed by atoms with van der Waals surface area (Å²) in [6.07, 6.45) is 0. The summed E-state index contributed by atoms with van der Waals surface area (Å²) in [5, 5.41) is 2.24. The second-order valence-electron chi connectivity index (χ2n) is 13.4. The lowest BCUT2D eigenvalue weighted by Gasteiger charge is -2.41. The lowest BCUT2D eigenvalue weighted by Crippen LogP contribution is -2.23. The molecule has 0 saturated carbocycles. The maximum Gasteiger partial charge on any atom is 0.235 e. The summed E-state index contributed by atoms with van der Waals surface area (Å²) in [5.74, 6) is 5.02. The van der Waals surface area contributed by atoms with Crippen molar-refractivity contribution in [2.75, 3.05) is 4.90 Å². The van der Waals surface area contributed by atoms with E-state index >= 15 is 0 Å². The average molecular weight is 683 g/mol. The first-order valence-electron chi connectivity index (χ1n) is 17.6. The molecule has 0 spiro atoms. The molecule has 12 rings (SSSR count). The van der Waals surface area contributed by atoms with Crippen molar-refractivity contribution in [2.45, 2.75) is 0 Å². The average Bonchev–Trinajstić information content (AvgIpc) is 3.55. The van der Waals surface area contributed by atoms with Crippen LogP contribution in [-0.2, 0) is 0 Å². The second-order valence-corrected chi connectivity index (χ2v) is 13.4. The molecule has 3 aliphatic heterocycles. The Morgan fingerprint density at radius 1 is 0.358 bits per heavy atom. The quantitative estimate of drug-likeness (QED) is 0.184. The van der Waals surface area contributed by atoms with Crippen LogP contribution in [0.25, 0.3) is 61.4 Å². The van der Waals surface area contributed by atoms with Gasteiger partial charge in [-0.3, -0.25) is 9.47 Å². The van der Waals surface area contributed by atoms with Crippen molar-refractivity contribution in [3.8, 4) is 74.1 Å². The Kier molecular flexibility index (Phi) is 5.65. The summed E-state index contributed by atoms with van der Waals surface area (Å²) in [6.45, 7) is 0. The van der Waals surface area contributed by atoms with Gasteiger partial charge < -0.3 is 14.2 Å². The van der Waals surface area contributed by atoms with Gasteiger partial charge in [-0.1, -0.05) is 103 Å². The number of nitrogens with zero attached hydrogens (tertiary/aromatic N) is 4. The van der Waals surface area contributed by atoms with Gasteiger partial charge in [-0.2, -0.15) is 0 Å². The predicted octanol–water partition coefficient (Wildman–Crippen LogP) is 12.4. The molecule has 0 aliphatic carbocycles. The second kappa shape index (κ2) is 10.6. The fraction of sp³-hybridized carbons (Fsp3) is 0. The van der Waals surface area contributed by atoms with Crippen LogP contribution < -0.4 is 19.1 Å². The van der Waals surface area contributed by atoms with Crippen LogP contribution in [0.2, 0.25) is 0 Å². The van der Waals surface area contributed by atoms with Gasteiger partial charge in [-0.25, -0.2) is 9.97 Å². The Bertz CT molecular complexity index is 2860. The van der Waals surface area contributed by atoms with Crippen LogP contribution in [0.1, 0.15) is 0 Å². The van der Waals surface area contributed by atoms with Gasteiger partial charge in [-0.15, -0.1) is 0 Å². The number of benzene rings is 7. The van der Waals surface area contributed by atoms with Crippen molar-refractivity contribution in [3.05, 3.63) is 158 Å². The minimum Gasteiger partial charge on any atom is -0.453 e. The van der Waals surface area contributed by atoms with Crippen molar-refractivity contribution in [2.24, 2.45) is 0 Å². The Morgan fingerprint density at radius 3 is 1.47 bits per heavy atom. The molecule has 248 valence electrons. The van der Waals surface area contributed by atoms with Gasteiger partial charge in [0.25, 0.3) is 0 Å². The third-order valence-electron chi connectivity index (χ3n) is 10.4. The highest BCUT2D eigenvalue weighted by molar-refractivity contribution is 6.10. The van der Waals surface area contributed by atoms with E-state index in [4.69, 9.17) is 24.2 Å². The monoisotopic (exact) mass is 682 g/mol. The number of ether oxygens (including phenoxy) is 3. The SMILES string of the molecule is c1ccc(-c2cc(-c3ccccc3)nc(-n3c4ccccc4c4ccc(-c5cc6c7c(c5)Oc5cccc8c5N7c5c(cccc5O6)O8)cc43)n2)cc1. The minimum absolute atomic E-state index is 0.605. The summed E-state index contributed by atoms with van der Waals surface area (Å²) in [5.41, 5.74) is 10.4. The van der Waals surface area contributed by atoms with Crippen LogP contribution in [0.4, 0.5) is 17.1 Å². The van der Waals surface area contributed by atoms with E-state index in [1.165, 1.54) is 0 Å². The normalized spacial score (nSPS) is 12.9. The maximum absolute atomic E-state index is 6.62. The summed E-state index contributed by atoms with van der Waals surface area (Å²) < 4.78 is 21.7. The Hall–Kier alpha value is -7.38. The maximum atomic E-state index is 6.62. The van der Waals surface area contributed by atoms with Gasteiger partial charge in [0, 0.05) is 21.9 Å². The number of fused-ring (bicyclic) bond motifs is 3. The third-order valence-corrected chi connectivity index (χ3v) is 10.4. The predicted molar refractivity (Wildman–Crippen MR) is 208 cm³/mol. The van der Waals surface area contributed by atoms with Gasteiger partial charge in [0.15, 0.2) is 34.5 Å². The van der Waals surface area contributed by atoms with E-state index in [2.05, 4.69) is 94.4 Å². The molecule has 0 atom stereocenters. The first kappa shape index (κ1) is 28.3. The van der Waals surface area contributed by atoms with E-state index in [9.17, 15) is 0 Å². The number of aromatic nitrogens is 3. The first-order valence-corrected chi connectivity index (χ1v) is 17.6. The lowest BCUT2D eigenvalue weighted by atomic mass is 9.99. The molecule has 3 aliphatic rings. The molecule has 7 heteroatoms. The highest BCUT2D eigenvalue weighted by Crippen LogP contribution is 2.66. The van der Waals surface area contributed by atoms with E-state index in [0.717, 1.165) is 107 Å². The van der Waals surface area contributed by atoms with Crippen LogP contribution in [0.15, 0.2) is 158 Å². The molecule has 2 aromatic heterocycles. The Labute approximate surface area is 303 Å². The van der Waals surface area contributed by atoms with E-state index in [1.807, 2.05) is 72.8 Å². The topological polar surface area (TPSA) is 61.6 Å². The Balaban J connectivity index is 1.07. The van der Waals surface area contributed by atoms with Crippen LogP contribution in [0, 0.1) is 0 Å². The fourth-order valence-corrected chi connectivity index (χ4v) is 8.00. The lowest BCUT2D eigenvalue weighted by molar-refractivity contribution is 0.418. The van der Waals surface area contributed by atoms with E-state index in [1.54, 1.807) is 0 Å². The van der Waals surface area contributed by atoms with Gasteiger partial charge >= 0.3 is 0 Å². The van der Waals surface area contributed by atoms with Crippen molar-refractivity contribution in [3.63, 3.8) is 0 Å². The molecule has 0 unspecified atom stereocenters. The summed E-state index contributed by atoms with van der Waals surface area (Å²) in [6, 6.07) is 53.7. The van der Waals surface area contributed by atoms with Crippen LogP contribution in [-0.4, -0.2) is 14.5 Å². The van der Waals surface area contributed by atoms with Gasteiger partial charge in [0.05, 0.1) is 22.4 Å².